The molecule has 5 heterocycles. The van der Waals surface area contributed by atoms with Crippen molar-refractivity contribution >= 4 is 28.6 Å². The molecule has 0 radical (unpaired) electrons. The van der Waals surface area contributed by atoms with E-state index >= 15 is 0 Å². The van der Waals surface area contributed by atoms with Crippen LogP contribution in [0.5, 0.6) is 0 Å². The van der Waals surface area contributed by atoms with Crippen LogP contribution in [-0.4, -0.2) is 103 Å². The van der Waals surface area contributed by atoms with Crippen molar-refractivity contribution in [3.63, 3.8) is 0 Å². The second kappa shape index (κ2) is 12.7. The second-order valence-electron chi connectivity index (χ2n) is 14.4. The van der Waals surface area contributed by atoms with E-state index in [1.165, 1.54) is 31.6 Å². The summed E-state index contributed by atoms with van der Waals surface area (Å²) in [4.78, 5) is 31.2. The first-order valence-corrected chi connectivity index (χ1v) is 17.3. The van der Waals surface area contributed by atoms with E-state index in [2.05, 4.69) is 54.9 Å². The number of nitrogens with zero attached hydrogens (tertiary/aromatic N) is 8. The number of carbonyl (C=O) groups is 1. The van der Waals surface area contributed by atoms with Gasteiger partial charge in [0.25, 0.3) is 5.91 Å². The van der Waals surface area contributed by atoms with Gasteiger partial charge < -0.3 is 19.5 Å². The Hall–Kier alpha value is -3.80. The average Bonchev–Trinajstić information content (AvgIpc) is 3.59. The van der Waals surface area contributed by atoms with Gasteiger partial charge in [0.2, 0.25) is 5.95 Å². The normalized spacial score (nSPS) is 23.4. The van der Waals surface area contributed by atoms with Crippen molar-refractivity contribution in [3.05, 3.63) is 53.5 Å². The first-order chi connectivity index (χ1) is 22.5. The zero-order valence-electron chi connectivity index (χ0n) is 28.5. The summed E-state index contributed by atoms with van der Waals surface area (Å²) in [6, 6.07) is 11.0. The van der Waals surface area contributed by atoms with Crippen LogP contribution in [-0.2, 0) is 7.05 Å². The number of piperazine rings is 1. The number of pyridine rings is 1. The maximum Gasteiger partial charge on any atom is 0.258 e. The highest BCUT2D eigenvalue weighted by Gasteiger charge is 2.33. The third-order valence-electron chi connectivity index (χ3n) is 10.9. The van der Waals surface area contributed by atoms with Gasteiger partial charge in [0.15, 0.2) is 0 Å². The number of rotatable bonds is 6. The number of carbonyl (C=O) groups excluding carboxylic acids is 1. The lowest BCUT2D eigenvalue weighted by atomic mass is 9.83. The Morgan fingerprint density at radius 2 is 1.64 bits per heavy atom. The second-order valence-corrected chi connectivity index (χ2v) is 14.4. The molecule has 250 valence electrons. The van der Waals surface area contributed by atoms with Gasteiger partial charge in [0.1, 0.15) is 0 Å². The number of nitrogens with one attached hydrogen (secondary N) is 1. The van der Waals surface area contributed by atoms with Gasteiger partial charge in [0.05, 0.1) is 28.5 Å². The van der Waals surface area contributed by atoms with Crippen molar-refractivity contribution in [2.75, 3.05) is 56.5 Å². The summed E-state index contributed by atoms with van der Waals surface area (Å²) in [5, 5.41) is 18.3. The van der Waals surface area contributed by atoms with E-state index in [0.717, 1.165) is 72.7 Å². The van der Waals surface area contributed by atoms with E-state index in [-0.39, 0.29) is 11.9 Å². The highest BCUT2D eigenvalue weighted by atomic mass is 16.3. The summed E-state index contributed by atoms with van der Waals surface area (Å²) < 4.78 is 4.04. The van der Waals surface area contributed by atoms with Gasteiger partial charge in [-0.1, -0.05) is 0 Å². The van der Waals surface area contributed by atoms with Gasteiger partial charge >= 0.3 is 0 Å². The maximum atomic E-state index is 13.9. The highest BCUT2D eigenvalue weighted by Crippen LogP contribution is 2.39. The summed E-state index contributed by atoms with van der Waals surface area (Å²) in [5.74, 6) is 0.333. The van der Waals surface area contributed by atoms with Crippen molar-refractivity contribution in [3.8, 4) is 11.3 Å². The monoisotopic (exact) mass is 639 g/mol. The number of piperidine rings is 1. The molecule has 4 aromatic rings. The first kappa shape index (κ1) is 31.8. The summed E-state index contributed by atoms with van der Waals surface area (Å²) in [7, 11) is 4.12. The van der Waals surface area contributed by atoms with Crippen molar-refractivity contribution in [1.82, 2.24) is 34.1 Å². The molecule has 0 atom stereocenters. The highest BCUT2D eigenvalue weighted by molar-refractivity contribution is 6.05. The van der Waals surface area contributed by atoms with E-state index in [1.807, 2.05) is 44.6 Å². The van der Waals surface area contributed by atoms with E-state index in [1.54, 1.807) is 6.20 Å². The molecule has 1 aromatic carbocycles. The van der Waals surface area contributed by atoms with Crippen LogP contribution in [0.3, 0.4) is 0 Å². The predicted molar refractivity (Wildman–Crippen MR) is 186 cm³/mol. The third-order valence-corrected chi connectivity index (χ3v) is 10.9. The number of imidazole rings is 1. The van der Waals surface area contributed by atoms with Crippen LogP contribution in [0.15, 0.2) is 36.5 Å². The van der Waals surface area contributed by atoms with Crippen LogP contribution in [0.1, 0.15) is 73.2 Å². The minimum atomic E-state index is -0.662. The molecule has 1 saturated carbocycles. The molecule has 7 rings (SSSR count). The molecule has 11 heteroatoms. The van der Waals surface area contributed by atoms with Crippen LogP contribution >= 0.6 is 0 Å². The Balaban J connectivity index is 1.16. The van der Waals surface area contributed by atoms with Crippen LogP contribution < -0.4 is 10.2 Å². The van der Waals surface area contributed by atoms with Crippen molar-refractivity contribution in [2.45, 2.75) is 77.0 Å². The Morgan fingerprint density at radius 1 is 0.915 bits per heavy atom. The van der Waals surface area contributed by atoms with Crippen molar-refractivity contribution in [1.29, 1.82) is 0 Å². The Kier molecular flexibility index (Phi) is 8.57. The number of aryl methyl sites for hydroxylation is 2. The smallest absolute Gasteiger partial charge is 0.258 e. The third kappa shape index (κ3) is 6.53. The number of hydrogen-bond acceptors (Lipinski definition) is 8. The van der Waals surface area contributed by atoms with Gasteiger partial charge in [-0.15, -0.1) is 0 Å². The van der Waals surface area contributed by atoms with Crippen molar-refractivity contribution < 1.29 is 9.90 Å². The molecule has 2 saturated heterocycles. The molecule has 11 nitrogen and oxygen atoms in total. The zero-order valence-corrected chi connectivity index (χ0v) is 28.5. The molecule has 0 unspecified atom stereocenters. The molecule has 0 bridgehead atoms. The average molecular weight is 640 g/mol. The number of aliphatic hydroxyl groups is 1. The lowest BCUT2D eigenvalue weighted by molar-refractivity contribution is 0.0106. The molecular formula is C36H49N9O2. The van der Waals surface area contributed by atoms with Gasteiger partial charge in [-0.05, 0) is 96.7 Å². The number of fused-ring (bicyclic) bond motifs is 1. The van der Waals surface area contributed by atoms with Crippen molar-refractivity contribution in [2.24, 2.45) is 7.05 Å². The van der Waals surface area contributed by atoms with E-state index in [0.29, 0.717) is 30.4 Å². The fourth-order valence-electron chi connectivity index (χ4n) is 7.76. The molecule has 1 amide bonds. The fourth-order valence-corrected chi connectivity index (χ4v) is 7.76. The lowest BCUT2D eigenvalue weighted by Gasteiger charge is -2.42. The number of amides is 1. The van der Waals surface area contributed by atoms with Crippen LogP contribution in [0.25, 0.3) is 22.3 Å². The van der Waals surface area contributed by atoms with Crippen LogP contribution in [0.4, 0.5) is 11.6 Å². The van der Waals surface area contributed by atoms with Gasteiger partial charge in [-0.2, -0.15) is 5.10 Å². The van der Waals surface area contributed by atoms with Gasteiger partial charge in [-0.25, -0.2) is 4.98 Å². The SMILES string of the molecule is Cc1cc(C(=O)Nc2nc3ccc(N4CCC(N5CCN(C)CC5)CC4)cc3n2C2CCC(C)(O)CC2)cc(-c2cnn(C)c2C)n1. The Bertz CT molecular complexity index is 1750. The molecule has 1 aliphatic carbocycles. The molecule has 3 aromatic heterocycles. The van der Waals surface area contributed by atoms with E-state index in [9.17, 15) is 9.90 Å². The first-order valence-electron chi connectivity index (χ1n) is 17.3. The van der Waals surface area contributed by atoms with Crippen LogP contribution in [0.2, 0.25) is 0 Å². The van der Waals surface area contributed by atoms with E-state index in [4.69, 9.17) is 9.97 Å². The number of aromatic nitrogens is 5. The summed E-state index contributed by atoms with van der Waals surface area (Å²) in [6.45, 7) is 12.5. The minimum Gasteiger partial charge on any atom is -0.390 e. The summed E-state index contributed by atoms with van der Waals surface area (Å²) in [6.07, 6.45) is 7.20. The summed E-state index contributed by atoms with van der Waals surface area (Å²) >= 11 is 0. The number of benzene rings is 1. The minimum absolute atomic E-state index is 0.126. The largest absolute Gasteiger partial charge is 0.390 e. The Morgan fingerprint density at radius 3 is 2.32 bits per heavy atom. The van der Waals surface area contributed by atoms with Crippen LogP contribution in [0, 0.1) is 13.8 Å². The quantitative estimate of drug-likeness (QED) is 0.311. The number of hydrogen-bond donors (Lipinski definition) is 2. The molecule has 3 fully saturated rings. The molecular weight excluding hydrogens is 590 g/mol. The standard InChI is InChI=1S/C36H49N9O2/c1-24-20-26(21-32(38-24)30-23-37-42(5)25(30)2)34(46)40-35-39-31-7-6-29(22-33(31)45(35)28-8-12-36(3,47)13-9-28)43-14-10-27(11-15-43)44-18-16-41(4)17-19-44/h6-7,20-23,27-28,47H,8-19H2,1-5H3,(H,39,40,46). The zero-order chi connectivity index (χ0) is 32.9. The predicted octanol–water partition coefficient (Wildman–Crippen LogP) is 4.78. The number of likely N-dealkylation sites (N-methyl/N-ethyl adjacent to an activating group) is 1. The molecule has 2 N–H and O–H groups in total. The topological polar surface area (TPSA) is 108 Å². The van der Waals surface area contributed by atoms with Gasteiger partial charge in [0, 0.05) is 86.6 Å². The molecule has 2 aliphatic heterocycles. The van der Waals surface area contributed by atoms with E-state index < -0.39 is 5.60 Å². The maximum absolute atomic E-state index is 13.9. The Labute approximate surface area is 277 Å². The fraction of sp³-hybridized carbons (Fsp3) is 0.556. The molecule has 0 spiro atoms. The summed E-state index contributed by atoms with van der Waals surface area (Å²) in [5.41, 5.74) is 6.36. The molecule has 47 heavy (non-hydrogen) atoms. The number of anilines is 2. The molecule has 3 aliphatic rings. The lowest BCUT2D eigenvalue weighted by Crippen LogP contribution is -2.52. The van der Waals surface area contributed by atoms with Gasteiger partial charge in [-0.3, -0.25) is 24.7 Å².